The maximum atomic E-state index is 12.7. The molecule has 1 aromatic carbocycles. The highest BCUT2D eigenvalue weighted by Gasteiger charge is 2.37. The first kappa shape index (κ1) is 24.4. The number of likely N-dealkylation sites (tertiary alicyclic amines) is 1. The summed E-state index contributed by atoms with van der Waals surface area (Å²) < 4.78 is 0. The molecule has 1 aromatic rings. The number of amides is 1. The van der Waals surface area contributed by atoms with Crippen molar-refractivity contribution in [3.05, 3.63) is 58.7 Å². The minimum absolute atomic E-state index is 0.0250. The van der Waals surface area contributed by atoms with Gasteiger partial charge in [0.05, 0.1) is 5.38 Å². The maximum Gasteiger partial charge on any atom is 0.251 e. The lowest BCUT2D eigenvalue weighted by Gasteiger charge is -2.46. The minimum atomic E-state index is -0.0250. The van der Waals surface area contributed by atoms with E-state index < -0.39 is 0 Å². The van der Waals surface area contributed by atoms with Crippen LogP contribution in [0.2, 0.25) is 5.02 Å². The summed E-state index contributed by atoms with van der Waals surface area (Å²) in [5, 5.41) is 4.02. The number of piperidine rings is 1. The summed E-state index contributed by atoms with van der Waals surface area (Å²) in [6, 6.07) is 7.23. The molecule has 1 fully saturated rings. The molecule has 5 heteroatoms. The molecule has 0 aromatic heterocycles. The Balaban J connectivity index is 1.55. The average Bonchev–Trinajstić information content (AvgIpc) is 2.71. The van der Waals surface area contributed by atoms with Crippen LogP contribution in [0, 0.1) is 17.3 Å². The standard InChI is InChI=1S/C26H36Cl2N2O/c1-18(2)24(29-25(31)20-7-11-22(28)12-8-20)14-16-30-15-13-23(26(3,4)17-30)19-5-9-21(27)10-6-19/h5-9,11-12,18,21,23-24H,10,13-17H2,1-4H3,(H,29,31). The van der Waals surface area contributed by atoms with Crippen LogP contribution in [0.5, 0.6) is 0 Å². The molecule has 1 heterocycles. The molecule has 3 rings (SSSR count). The lowest BCUT2D eigenvalue weighted by atomic mass is 9.69. The van der Waals surface area contributed by atoms with E-state index >= 15 is 0 Å². The predicted octanol–water partition coefficient (Wildman–Crippen LogP) is 6.33. The Kier molecular flexibility index (Phi) is 8.29. The summed E-state index contributed by atoms with van der Waals surface area (Å²) in [5.74, 6) is 0.931. The van der Waals surface area contributed by atoms with Crippen molar-refractivity contribution in [2.75, 3.05) is 19.6 Å². The predicted molar refractivity (Wildman–Crippen MR) is 132 cm³/mol. The molecular weight excluding hydrogens is 427 g/mol. The zero-order valence-corrected chi connectivity index (χ0v) is 20.7. The van der Waals surface area contributed by atoms with Crippen molar-refractivity contribution < 1.29 is 4.79 Å². The Morgan fingerprint density at radius 2 is 1.97 bits per heavy atom. The van der Waals surface area contributed by atoms with E-state index in [9.17, 15) is 4.79 Å². The van der Waals surface area contributed by atoms with Gasteiger partial charge >= 0.3 is 0 Å². The molecule has 1 aliphatic heterocycles. The van der Waals surface area contributed by atoms with E-state index in [1.165, 1.54) is 12.0 Å². The number of nitrogens with zero attached hydrogens (tertiary/aromatic N) is 1. The number of alkyl halides is 1. The average molecular weight is 463 g/mol. The summed E-state index contributed by atoms with van der Waals surface area (Å²) in [6.07, 6.45) is 9.77. The molecule has 3 unspecified atom stereocenters. The molecule has 3 atom stereocenters. The molecule has 1 N–H and O–H groups in total. The van der Waals surface area contributed by atoms with Crippen molar-refractivity contribution in [2.24, 2.45) is 17.3 Å². The number of carbonyl (C=O) groups is 1. The highest BCUT2D eigenvalue weighted by Crippen LogP contribution is 2.41. The van der Waals surface area contributed by atoms with E-state index in [0.29, 0.717) is 22.4 Å². The number of halogens is 2. The van der Waals surface area contributed by atoms with Crippen LogP contribution in [-0.2, 0) is 0 Å². The van der Waals surface area contributed by atoms with E-state index in [4.69, 9.17) is 23.2 Å². The summed E-state index contributed by atoms with van der Waals surface area (Å²) in [5.41, 5.74) is 2.33. The van der Waals surface area contributed by atoms with Crippen molar-refractivity contribution in [2.45, 2.75) is 58.4 Å². The van der Waals surface area contributed by atoms with E-state index in [2.05, 4.69) is 56.1 Å². The van der Waals surface area contributed by atoms with E-state index in [1.54, 1.807) is 24.3 Å². The monoisotopic (exact) mass is 462 g/mol. The highest BCUT2D eigenvalue weighted by molar-refractivity contribution is 6.30. The third kappa shape index (κ3) is 6.60. The van der Waals surface area contributed by atoms with Gasteiger partial charge in [-0.25, -0.2) is 0 Å². The lowest BCUT2D eigenvalue weighted by molar-refractivity contribution is 0.0690. The van der Waals surface area contributed by atoms with Crippen LogP contribution in [0.4, 0.5) is 0 Å². The summed E-state index contributed by atoms with van der Waals surface area (Å²) in [7, 11) is 0. The second kappa shape index (κ2) is 10.6. The summed E-state index contributed by atoms with van der Waals surface area (Å²) in [4.78, 5) is 15.2. The van der Waals surface area contributed by atoms with Crippen LogP contribution >= 0.6 is 23.2 Å². The molecule has 1 aliphatic carbocycles. The Bertz CT molecular complexity index is 813. The van der Waals surface area contributed by atoms with Gasteiger partial charge in [-0.3, -0.25) is 4.79 Å². The molecular formula is C26H36Cl2N2O. The quantitative estimate of drug-likeness (QED) is 0.480. The van der Waals surface area contributed by atoms with Gasteiger partial charge in [-0.2, -0.15) is 0 Å². The molecule has 0 saturated carbocycles. The minimum Gasteiger partial charge on any atom is -0.349 e. The van der Waals surface area contributed by atoms with Crippen LogP contribution < -0.4 is 5.32 Å². The van der Waals surface area contributed by atoms with E-state index in [1.807, 2.05) is 0 Å². The zero-order chi connectivity index (χ0) is 22.6. The molecule has 0 spiro atoms. The fourth-order valence-corrected chi connectivity index (χ4v) is 5.18. The van der Waals surface area contributed by atoms with Crippen molar-refractivity contribution in [1.29, 1.82) is 0 Å². The Morgan fingerprint density at radius 3 is 2.55 bits per heavy atom. The lowest BCUT2D eigenvalue weighted by Crippen LogP contribution is -2.48. The second-order valence-electron chi connectivity index (χ2n) is 10.0. The van der Waals surface area contributed by atoms with Crippen LogP contribution in [0.15, 0.2) is 48.1 Å². The maximum absolute atomic E-state index is 12.7. The fraction of sp³-hybridized carbons (Fsp3) is 0.577. The zero-order valence-electron chi connectivity index (χ0n) is 19.2. The smallest absolute Gasteiger partial charge is 0.251 e. The summed E-state index contributed by atoms with van der Waals surface area (Å²) in [6.45, 7) is 12.3. The van der Waals surface area contributed by atoms with Gasteiger partial charge < -0.3 is 10.2 Å². The number of allylic oxidation sites excluding steroid dienone is 4. The molecule has 0 radical (unpaired) electrons. The van der Waals surface area contributed by atoms with E-state index in [-0.39, 0.29) is 22.7 Å². The number of carbonyl (C=O) groups excluding carboxylic acids is 1. The molecule has 1 amide bonds. The topological polar surface area (TPSA) is 32.3 Å². The van der Waals surface area contributed by atoms with Gasteiger partial charge in [0.15, 0.2) is 0 Å². The number of benzene rings is 1. The highest BCUT2D eigenvalue weighted by atomic mass is 35.5. The molecule has 0 bridgehead atoms. The van der Waals surface area contributed by atoms with Gasteiger partial charge in [0.2, 0.25) is 0 Å². The van der Waals surface area contributed by atoms with Crippen LogP contribution in [0.1, 0.15) is 57.3 Å². The van der Waals surface area contributed by atoms with Gasteiger partial charge in [0.1, 0.15) is 0 Å². The Hall–Kier alpha value is -1.29. The molecule has 3 nitrogen and oxygen atoms in total. The van der Waals surface area contributed by atoms with Gasteiger partial charge in [-0.15, -0.1) is 11.6 Å². The molecule has 1 saturated heterocycles. The third-order valence-electron chi connectivity index (χ3n) is 6.77. The van der Waals surface area contributed by atoms with Crippen LogP contribution in [0.3, 0.4) is 0 Å². The number of nitrogens with one attached hydrogen (secondary N) is 1. The first-order valence-electron chi connectivity index (χ1n) is 11.5. The van der Waals surface area contributed by atoms with Gasteiger partial charge in [-0.05, 0) is 72.9 Å². The number of rotatable bonds is 7. The van der Waals surface area contributed by atoms with Crippen LogP contribution in [0.25, 0.3) is 0 Å². The van der Waals surface area contributed by atoms with Gasteiger partial charge in [0, 0.05) is 29.7 Å². The van der Waals surface area contributed by atoms with E-state index in [0.717, 1.165) is 32.5 Å². The fourth-order valence-electron chi connectivity index (χ4n) is 4.89. The van der Waals surface area contributed by atoms with Crippen molar-refractivity contribution in [3.63, 3.8) is 0 Å². The Morgan fingerprint density at radius 1 is 1.26 bits per heavy atom. The normalized spacial score (nSPS) is 24.7. The van der Waals surface area contributed by atoms with Crippen LogP contribution in [-0.4, -0.2) is 41.9 Å². The van der Waals surface area contributed by atoms with Crippen molar-refractivity contribution in [3.8, 4) is 0 Å². The Labute approximate surface area is 197 Å². The first-order valence-corrected chi connectivity index (χ1v) is 12.3. The number of hydrogen-bond donors (Lipinski definition) is 1. The third-order valence-corrected chi connectivity index (χ3v) is 7.35. The van der Waals surface area contributed by atoms with Gasteiger partial charge in [-0.1, -0.05) is 57.5 Å². The first-order chi connectivity index (χ1) is 14.7. The number of hydrogen-bond acceptors (Lipinski definition) is 2. The molecule has 31 heavy (non-hydrogen) atoms. The largest absolute Gasteiger partial charge is 0.349 e. The second-order valence-corrected chi connectivity index (χ2v) is 11.0. The van der Waals surface area contributed by atoms with Crippen molar-refractivity contribution in [1.82, 2.24) is 10.2 Å². The molecule has 170 valence electrons. The summed E-state index contributed by atoms with van der Waals surface area (Å²) >= 11 is 12.2. The van der Waals surface area contributed by atoms with Gasteiger partial charge in [0.25, 0.3) is 5.91 Å². The van der Waals surface area contributed by atoms with Crippen molar-refractivity contribution >= 4 is 29.1 Å². The molecule has 2 aliphatic rings. The SMILES string of the molecule is CC(C)C(CCN1CCC(C2=CCC(Cl)C=C2)C(C)(C)C1)NC(=O)c1ccc(Cl)cc1.